The standard InChI is InChI=1S/C14H14O3/c1-13-6-7-14(2,17-13)11-8-9(12(15)16-3)4-5-10(11)13/h4-8H,1-3H3. The Morgan fingerprint density at radius 3 is 2.47 bits per heavy atom. The average Bonchev–Trinajstić information content (AvgIpc) is 2.76. The third-order valence-electron chi connectivity index (χ3n) is 3.65. The maximum absolute atomic E-state index is 11.5. The van der Waals surface area contributed by atoms with Crippen LogP contribution in [0.4, 0.5) is 0 Å². The van der Waals surface area contributed by atoms with E-state index in [-0.39, 0.29) is 11.6 Å². The lowest BCUT2D eigenvalue weighted by molar-refractivity contribution is -0.0495. The Morgan fingerprint density at radius 1 is 1.18 bits per heavy atom. The van der Waals surface area contributed by atoms with E-state index in [0.717, 1.165) is 11.1 Å². The number of rotatable bonds is 1. The van der Waals surface area contributed by atoms with Gasteiger partial charge in [0, 0.05) is 0 Å². The molecule has 88 valence electrons. The molecule has 0 amide bonds. The van der Waals surface area contributed by atoms with Gasteiger partial charge < -0.3 is 9.47 Å². The summed E-state index contributed by atoms with van der Waals surface area (Å²) in [5.74, 6) is -0.312. The highest BCUT2D eigenvalue weighted by atomic mass is 16.5. The van der Waals surface area contributed by atoms with Gasteiger partial charge >= 0.3 is 5.97 Å². The van der Waals surface area contributed by atoms with Crippen molar-refractivity contribution < 1.29 is 14.3 Å². The summed E-state index contributed by atoms with van der Waals surface area (Å²) in [6, 6.07) is 5.61. The molecule has 0 fully saturated rings. The minimum atomic E-state index is -0.409. The summed E-state index contributed by atoms with van der Waals surface area (Å²) in [7, 11) is 1.39. The van der Waals surface area contributed by atoms with Gasteiger partial charge in [-0.15, -0.1) is 0 Å². The molecule has 3 nitrogen and oxygen atoms in total. The molecule has 2 atom stereocenters. The molecule has 0 aromatic heterocycles. The van der Waals surface area contributed by atoms with Gasteiger partial charge in [0.15, 0.2) is 0 Å². The van der Waals surface area contributed by atoms with E-state index >= 15 is 0 Å². The van der Waals surface area contributed by atoms with Crippen LogP contribution < -0.4 is 0 Å². The third-order valence-corrected chi connectivity index (χ3v) is 3.65. The van der Waals surface area contributed by atoms with E-state index in [2.05, 4.69) is 12.2 Å². The Morgan fingerprint density at radius 2 is 1.82 bits per heavy atom. The summed E-state index contributed by atoms with van der Waals surface area (Å²) < 4.78 is 10.8. The van der Waals surface area contributed by atoms with Gasteiger partial charge in [0.1, 0.15) is 11.2 Å². The molecule has 2 aliphatic heterocycles. The van der Waals surface area contributed by atoms with Gasteiger partial charge in [-0.25, -0.2) is 4.79 Å². The van der Waals surface area contributed by atoms with Crippen LogP contribution in [0.25, 0.3) is 0 Å². The largest absolute Gasteiger partial charge is 0.465 e. The van der Waals surface area contributed by atoms with Crippen molar-refractivity contribution in [3.8, 4) is 0 Å². The van der Waals surface area contributed by atoms with Crippen molar-refractivity contribution in [2.24, 2.45) is 0 Å². The number of methoxy groups -OCH3 is 1. The molecule has 0 radical (unpaired) electrons. The summed E-state index contributed by atoms with van der Waals surface area (Å²) >= 11 is 0. The second kappa shape index (κ2) is 2.99. The Bertz CT molecular complexity index is 546. The van der Waals surface area contributed by atoms with E-state index < -0.39 is 5.60 Å². The number of esters is 1. The zero-order valence-corrected chi connectivity index (χ0v) is 10.1. The highest BCUT2D eigenvalue weighted by Gasteiger charge is 2.50. The fourth-order valence-corrected chi connectivity index (χ4v) is 2.75. The quantitative estimate of drug-likeness (QED) is 0.549. The Balaban J connectivity index is 2.17. The minimum Gasteiger partial charge on any atom is -0.465 e. The van der Waals surface area contributed by atoms with Crippen molar-refractivity contribution in [3.63, 3.8) is 0 Å². The van der Waals surface area contributed by atoms with Crippen LogP contribution in [0.5, 0.6) is 0 Å². The van der Waals surface area contributed by atoms with Crippen LogP contribution in [-0.4, -0.2) is 13.1 Å². The third kappa shape index (κ3) is 1.23. The van der Waals surface area contributed by atoms with Gasteiger partial charge in [-0.1, -0.05) is 6.07 Å². The Hall–Kier alpha value is -1.61. The number of hydrogen-bond donors (Lipinski definition) is 0. The molecule has 0 saturated heterocycles. The SMILES string of the molecule is COC(=O)c1ccc2c(c1)C1(C)C=CC2(C)O1. The zero-order chi connectivity index (χ0) is 12.3. The van der Waals surface area contributed by atoms with Gasteiger partial charge in [0.2, 0.25) is 0 Å². The van der Waals surface area contributed by atoms with Crippen LogP contribution in [-0.2, 0) is 20.7 Å². The molecule has 1 aromatic rings. The smallest absolute Gasteiger partial charge is 0.337 e. The number of carbonyl (C=O) groups excluding carboxylic acids is 1. The van der Waals surface area contributed by atoms with E-state index in [1.165, 1.54) is 7.11 Å². The molecular formula is C14H14O3. The maximum atomic E-state index is 11.5. The van der Waals surface area contributed by atoms with E-state index in [1.54, 1.807) is 6.07 Å². The van der Waals surface area contributed by atoms with Crippen molar-refractivity contribution >= 4 is 5.97 Å². The molecule has 3 heteroatoms. The molecule has 0 aliphatic carbocycles. The van der Waals surface area contributed by atoms with Gasteiger partial charge in [-0.3, -0.25) is 0 Å². The van der Waals surface area contributed by atoms with Crippen LogP contribution in [0, 0.1) is 0 Å². The van der Waals surface area contributed by atoms with Gasteiger partial charge in [-0.05, 0) is 49.3 Å². The molecule has 17 heavy (non-hydrogen) atoms. The number of carbonyl (C=O) groups is 1. The fraction of sp³-hybridized carbons (Fsp3) is 0.357. The highest BCUT2D eigenvalue weighted by molar-refractivity contribution is 5.90. The van der Waals surface area contributed by atoms with Crippen LogP contribution in [0.15, 0.2) is 30.4 Å². The van der Waals surface area contributed by atoms with Gasteiger partial charge in [0.05, 0.1) is 12.7 Å². The average molecular weight is 230 g/mol. The van der Waals surface area contributed by atoms with Crippen molar-refractivity contribution in [2.45, 2.75) is 25.0 Å². The summed E-state index contributed by atoms with van der Waals surface area (Å²) in [6.07, 6.45) is 4.13. The fourth-order valence-electron chi connectivity index (χ4n) is 2.75. The second-order valence-corrected chi connectivity index (χ2v) is 4.90. The molecule has 1 aromatic carbocycles. The number of ether oxygens (including phenoxy) is 2. The molecule has 2 aliphatic rings. The molecule has 3 rings (SSSR count). The number of benzene rings is 1. The van der Waals surface area contributed by atoms with E-state index in [1.807, 2.05) is 26.0 Å². The lowest BCUT2D eigenvalue weighted by Crippen LogP contribution is -2.17. The Kier molecular flexibility index (Phi) is 1.85. The second-order valence-electron chi connectivity index (χ2n) is 4.90. The summed E-state index contributed by atoms with van der Waals surface area (Å²) in [6.45, 7) is 4.06. The topological polar surface area (TPSA) is 35.5 Å². The van der Waals surface area contributed by atoms with Crippen molar-refractivity contribution in [3.05, 3.63) is 47.0 Å². The highest BCUT2D eigenvalue weighted by Crippen LogP contribution is 2.53. The van der Waals surface area contributed by atoms with Gasteiger partial charge in [-0.2, -0.15) is 0 Å². The summed E-state index contributed by atoms with van der Waals surface area (Å²) in [5.41, 5.74) is 2.01. The van der Waals surface area contributed by atoms with E-state index in [4.69, 9.17) is 9.47 Å². The van der Waals surface area contributed by atoms with Crippen molar-refractivity contribution in [2.75, 3.05) is 7.11 Å². The first-order valence-electron chi connectivity index (χ1n) is 5.62. The predicted octanol–water partition coefficient (Wildman–Crippen LogP) is 2.50. The van der Waals surface area contributed by atoms with Crippen LogP contribution in [0.2, 0.25) is 0 Å². The molecule has 2 bridgehead atoms. The monoisotopic (exact) mass is 230 g/mol. The molecule has 0 saturated carbocycles. The minimum absolute atomic E-state index is 0.312. The number of hydrogen-bond acceptors (Lipinski definition) is 3. The lowest BCUT2D eigenvalue weighted by Gasteiger charge is -2.18. The Labute approximate surface area is 100 Å². The van der Waals surface area contributed by atoms with Crippen LogP contribution in [0.3, 0.4) is 0 Å². The number of fused-ring (bicyclic) bond motifs is 5. The van der Waals surface area contributed by atoms with Crippen LogP contribution >= 0.6 is 0 Å². The van der Waals surface area contributed by atoms with Crippen molar-refractivity contribution in [1.29, 1.82) is 0 Å². The zero-order valence-electron chi connectivity index (χ0n) is 10.1. The molecule has 2 heterocycles. The summed E-state index contributed by atoms with van der Waals surface area (Å²) in [4.78, 5) is 11.5. The molecular weight excluding hydrogens is 216 g/mol. The molecule has 0 spiro atoms. The van der Waals surface area contributed by atoms with E-state index in [0.29, 0.717) is 5.56 Å². The predicted molar refractivity (Wildman–Crippen MR) is 62.7 cm³/mol. The molecule has 2 unspecified atom stereocenters. The summed E-state index contributed by atoms with van der Waals surface area (Å²) in [5, 5.41) is 0. The molecule has 0 N–H and O–H groups in total. The van der Waals surface area contributed by atoms with Crippen LogP contribution in [0.1, 0.15) is 35.3 Å². The van der Waals surface area contributed by atoms with Crippen molar-refractivity contribution in [1.82, 2.24) is 0 Å². The first-order chi connectivity index (χ1) is 7.98. The van der Waals surface area contributed by atoms with Gasteiger partial charge in [0.25, 0.3) is 0 Å². The normalized spacial score (nSPS) is 32.6. The lowest BCUT2D eigenvalue weighted by atomic mass is 9.82. The maximum Gasteiger partial charge on any atom is 0.337 e. The first kappa shape index (κ1) is 10.5. The first-order valence-corrected chi connectivity index (χ1v) is 5.62. The van der Waals surface area contributed by atoms with E-state index in [9.17, 15) is 4.79 Å².